The molecule has 0 spiro atoms. The summed E-state index contributed by atoms with van der Waals surface area (Å²) in [6, 6.07) is 14.3. The van der Waals surface area contributed by atoms with Gasteiger partial charge in [-0.2, -0.15) is 10.2 Å². The molecule has 0 aliphatic carbocycles. The van der Waals surface area contributed by atoms with E-state index in [4.69, 9.17) is 29.1 Å². The van der Waals surface area contributed by atoms with Crippen molar-refractivity contribution in [3.8, 4) is 45.5 Å². The first kappa shape index (κ1) is 61.2. The van der Waals surface area contributed by atoms with Crippen LogP contribution in [0.1, 0.15) is 161 Å². The van der Waals surface area contributed by atoms with Gasteiger partial charge in [-0.05, 0) is 85.8 Å². The Morgan fingerprint density at radius 2 is 0.918 bits per heavy atom. The SMILES string of the molecule is CCCCNC(=O)C[C@H](CC(C)C)NC(=O)c1cc(-c2c(OC)cccc2OC)n(CC(C)CC)n1.CCCCNC(=O)C[C@H](CC(C)C)NC(=O)c1cc(-c2c(OC)cccc2OC)n(CC(CC)CC)n1. The van der Waals surface area contributed by atoms with Gasteiger partial charge in [-0.25, -0.2) is 0 Å². The van der Waals surface area contributed by atoms with Gasteiger partial charge in [0, 0.05) is 51.1 Å². The highest BCUT2D eigenvalue weighted by Crippen LogP contribution is 2.40. The van der Waals surface area contributed by atoms with Crippen LogP contribution in [0.5, 0.6) is 23.0 Å². The van der Waals surface area contributed by atoms with Crippen molar-refractivity contribution in [2.24, 2.45) is 23.7 Å². The van der Waals surface area contributed by atoms with E-state index in [1.165, 1.54) is 0 Å². The van der Waals surface area contributed by atoms with Crippen molar-refractivity contribution < 1.29 is 38.1 Å². The van der Waals surface area contributed by atoms with Crippen molar-refractivity contribution in [3.05, 3.63) is 59.9 Å². The van der Waals surface area contributed by atoms with Crippen molar-refractivity contribution in [2.75, 3.05) is 41.5 Å². The molecule has 3 atom stereocenters. The number of nitrogens with one attached hydrogen (secondary N) is 4. The third-order valence-electron chi connectivity index (χ3n) is 12.9. The maximum Gasteiger partial charge on any atom is 0.272 e. The largest absolute Gasteiger partial charge is 0.496 e. The van der Waals surface area contributed by atoms with Gasteiger partial charge in [0.2, 0.25) is 11.8 Å². The van der Waals surface area contributed by atoms with Crippen LogP contribution in [0.4, 0.5) is 0 Å². The number of amides is 4. The van der Waals surface area contributed by atoms with Crippen LogP contribution >= 0.6 is 0 Å². The Hall–Kier alpha value is -6.06. The molecule has 2 heterocycles. The number of carbonyl (C=O) groups excluding carboxylic acids is 4. The molecule has 2 aromatic heterocycles. The van der Waals surface area contributed by atoms with Crippen LogP contribution in [0.2, 0.25) is 0 Å². The highest BCUT2D eigenvalue weighted by atomic mass is 16.5. The molecule has 16 nitrogen and oxygen atoms in total. The second-order valence-corrected chi connectivity index (χ2v) is 19.9. The summed E-state index contributed by atoms with van der Waals surface area (Å²) in [5.41, 5.74) is 3.66. The minimum absolute atomic E-state index is 0.0434. The Bertz CT molecular complexity index is 2260. The highest BCUT2D eigenvalue weighted by molar-refractivity contribution is 5.95. The number of aromatic nitrogens is 4. The molecule has 0 saturated carbocycles. The lowest BCUT2D eigenvalue weighted by molar-refractivity contribution is -0.122. The fourth-order valence-corrected chi connectivity index (χ4v) is 8.60. The van der Waals surface area contributed by atoms with E-state index in [-0.39, 0.29) is 48.6 Å². The zero-order valence-corrected chi connectivity index (χ0v) is 46.7. The topological polar surface area (TPSA) is 189 Å². The van der Waals surface area contributed by atoms with Crippen molar-refractivity contribution in [1.29, 1.82) is 0 Å². The van der Waals surface area contributed by atoms with Gasteiger partial charge in [-0.1, -0.05) is 113 Å². The molecule has 0 saturated heterocycles. The van der Waals surface area contributed by atoms with Gasteiger partial charge in [-0.3, -0.25) is 28.5 Å². The summed E-state index contributed by atoms with van der Waals surface area (Å²) >= 11 is 0. The van der Waals surface area contributed by atoms with E-state index in [1.807, 2.05) is 45.8 Å². The van der Waals surface area contributed by atoms with Gasteiger partial charge < -0.3 is 40.2 Å². The van der Waals surface area contributed by atoms with Gasteiger partial charge in [0.1, 0.15) is 23.0 Å². The van der Waals surface area contributed by atoms with E-state index in [2.05, 4.69) is 90.5 Å². The summed E-state index contributed by atoms with van der Waals surface area (Å²) in [6.45, 7) is 23.8. The van der Waals surface area contributed by atoms with E-state index in [0.29, 0.717) is 97.1 Å². The number of rotatable bonds is 31. The lowest BCUT2D eigenvalue weighted by atomic mass is 10.0. The molecule has 0 radical (unpaired) electrons. The Balaban J connectivity index is 0.000000385. The van der Waals surface area contributed by atoms with Gasteiger partial charge >= 0.3 is 0 Å². The normalized spacial score (nSPS) is 12.4. The first-order valence-electron chi connectivity index (χ1n) is 26.7. The Kier molecular flexibility index (Phi) is 27.0. The Morgan fingerprint density at radius 3 is 1.23 bits per heavy atom. The molecule has 0 fully saturated rings. The number of methoxy groups -OCH3 is 4. The van der Waals surface area contributed by atoms with Gasteiger partial charge in [0.25, 0.3) is 11.8 Å². The lowest BCUT2D eigenvalue weighted by Gasteiger charge is -2.20. The molecule has 16 heteroatoms. The molecule has 0 bridgehead atoms. The monoisotopic (exact) mass is 1010 g/mol. The number of benzene rings is 2. The molecule has 73 heavy (non-hydrogen) atoms. The molecule has 406 valence electrons. The fraction of sp³-hybridized carbons (Fsp3) is 0.614. The molecule has 4 N–H and O–H groups in total. The number of hydrogen-bond acceptors (Lipinski definition) is 10. The zero-order chi connectivity index (χ0) is 54.0. The van der Waals surface area contributed by atoms with Crippen LogP contribution in [0.3, 0.4) is 0 Å². The fourth-order valence-electron chi connectivity index (χ4n) is 8.60. The average molecular weight is 1020 g/mol. The first-order valence-corrected chi connectivity index (χ1v) is 26.7. The molecular formula is C57H90N8O8. The van der Waals surface area contributed by atoms with Crippen LogP contribution in [0, 0.1) is 23.7 Å². The van der Waals surface area contributed by atoms with E-state index < -0.39 is 0 Å². The number of nitrogens with zero attached hydrogens (tertiary/aromatic N) is 4. The van der Waals surface area contributed by atoms with Crippen LogP contribution in [-0.2, 0) is 22.7 Å². The second-order valence-electron chi connectivity index (χ2n) is 19.9. The minimum atomic E-state index is -0.292. The summed E-state index contributed by atoms with van der Waals surface area (Å²) in [5, 5.41) is 21.5. The summed E-state index contributed by atoms with van der Waals surface area (Å²) in [4.78, 5) is 51.7. The predicted octanol–water partition coefficient (Wildman–Crippen LogP) is 10.5. The van der Waals surface area contributed by atoms with Crippen molar-refractivity contribution >= 4 is 23.6 Å². The molecule has 0 aliphatic rings. The zero-order valence-electron chi connectivity index (χ0n) is 46.7. The molecular weight excluding hydrogens is 925 g/mol. The summed E-state index contributed by atoms with van der Waals surface area (Å²) in [7, 11) is 6.47. The standard InChI is InChI=1S/C29H46N4O4.C28H44N4O4/c1-8-11-15-30-27(34)17-22(16-20(4)5)31-29(35)23-18-24(33(32-23)19-21(9-2)10-3)28-25(36-6)13-12-14-26(28)37-7;1-8-10-14-29-26(33)16-21(15-19(3)4)30-28(34)22-17-23(32(31-22)18-20(5)9-2)27-24(35-6)12-11-13-25(27)36-7/h12-14,18,20-22H,8-11,15-17,19H2,1-7H3,(H,30,34)(H,31,35);11-13,17,19-21H,8-10,14-16,18H2,1-7H3,(H,29,33)(H,30,34)/t22-;20?,21-/m00/s1. The number of hydrogen-bond donors (Lipinski definition) is 4. The number of carbonyl (C=O) groups is 4. The average Bonchev–Trinajstić information content (AvgIpc) is 3.99. The van der Waals surface area contributed by atoms with Crippen LogP contribution < -0.4 is 40.2 Å². The van der Waals surface area contributed by atoms with E-state index in [9.17, 15) is 19.2 Å². The smallest absolute Gasteiger partial charge is 0.272 e. The third kappa shape index (κ3) is 19.4. The summed E-state index contributed by atoms with van der Waals surface area (Å²) < 4.78 is 26.3. The molecule has 4 amide bonds. The predicted molar refractivity (Wildman–Crippen MR) is 292 cm³/mol. The van der Waals surface area contributed by atoms with Crippen molar-refractivity contribution in [1.82, 2.24) is 40.8 Å². The maximum atomic E-state index is 13.4. The van der Waals surface area contributed by atoms with Gasteiger partial charge in [-0.15, -0.1) is 0 Å². The van der Waals surface area contributed by atoms with Gasteiger partial charge in [0.15, 0.2) is 11.4 Å². The molecule has 4 aromatic rings. The highest BCUT2D eigenvalue weighted by Gasteiger charge is 2.27. The van der Waals surface area contributed by atoms with E-state index in [1.54, 1.807) is 40.6 Å². The number of unbranched alkanes of at least 4 members (excludes halogenated alkanes) is 2. The Morgan fingerprint density at radius 1 is 0.548 bits per heavy atom. The quantitative estimate of drug-likeness (QED) is 0.0353. The van der Waals surface area contributed by atoms with Crippen LogP contribution in [-0.4, -0.2) is 96.8 Å². The first-order chi connectivity index (χ1) is 35.0. The lowest BCUT2D eigenvalue weighted by Crippen LogP contribution is -2.40. The molecule has 2 aromatic carbocycles. The Labute approximate surface area is 436 Å². The van der Waals surface area contributed by atoms with Crippen molar-refractivity contribution in [2.45, 2.75) is 165 Å². The second kappa shape index (κ2) is 32.2. The minimum Gasteiger partial charge on any atom is -0.496 e. The van der Waals surface area contributed by atoms with Gasteiger partial charge in [0.05, 0.1) is 51.0 Å². The maximum absolute atomic E-state index is 13.4. The summed E-state index contributed by atoms with van der Waals surface area (Å²) in [5.74, 6) is 3.36. The molecule has 4 rings (SSSR count). The number of ether oxygens (including phenoxy) is 4. The molecule has 1 unspecified atom stereocenters. The van der Waals surface area contributed by atoms with Crippen molar-refractivity contribution in [3.63, 3.8) is 0 Å². The third-order valence-corrected chi connectivity index (χ3v) is 12.9. The van der Waals surface area contributed by atoms with E-state index >= 15 is 0 Å². The van der Waals surface area contributed by atoms with E-state index in [0.717, 1.165) is 67.5 Å². The van der Waals surface area contributed by atoms with Crippen LogP contribution in [0.15, 0.2) is 48.5 Å². The van der Waals surface area contributed by atoms with Crippen LogP contribution in [0.25, 0.3) is 22.5 Å². The molecule has 0 aliphatic heterocycles. The summed E-state index contributed by atoms with van der Waals surface area (Å²) in [6.07, 6.45) is 8.80.